The van der Waals surface area contributed by atoms with Crippen molar-refractivity contribution in [2.75, 3.05) is 33.4 Å². The molecule has 1 N–H and O–H groups in total. The molecule has 1 atom stereocenters. The Morgan fingerprint density at radius 3 is 3.12 bits per heavy atom. The fourth-order valence-electron chi connectivity index (χ4n) is 3.13. The van der Waals surface area contributed by atoms with Crippen molar-refractivity contribution in [2.45, 2.75) is 13.0 Å². The molecule has 1 aliphatic heterocycles. The van der Waals surface area contributed by atoms with Crippen molar-refractivity contribution in [1.82, 2.24) is 15.2 Å². The monoisotopic (exact) mass is 347 g/mol. The molecule has 0 bridgehead atoms. The number of methoxy groups -OCH3 is 1. The molecule has 0 saturated carbocycles. The van der Waals surface area contributed by atoms with Gasteiger partial charge in [-0.1, -0.05) is 29.8 Å². The number of pyridine rings is 1. The van der Waals surface area contributed by atoms with Crippen LogP contribution in [0.15, 0.2) is 30.3 Å². The molecule has 2 heterocycles. The largest absolute Gasteiger partial charge is 0.375 e. The number of nitrogens with zero attached hydrogens (tertiary/aromatic N) is 2. The fourth-order valence-corrected chi connectivity index (χ4v) is 3.36. The Labute approximate surface area is 146 Å². The highest BCUT2D eigenvalue weighted by atomic mass is 35.5. The topological polar surface area (TPSA) is 54.5 Å². The van der Waals surface area contributed by atoms with Crippen LogP contribution in [0.2, 0.25) is 5.02 Å². The highest BCUT2D eigenvalue weighted by molar-refractivity contribution is 6.35. The third kappa shape index (κ3) is 4.23. The summed E-state index contributed by atoms with van der Waals surface area (Å²) in [7, 11) is 1.53. The van der Waals surface area contributed by atoms with Gasteiger partial charge in [0.1, 0.15) is 6.61 Å². The SMILES string of the molecule is COCC(=O)NCC1CCN(Cc2ccc3cccc(Cl)c3n2)C1. The lowest BCUT2D eigenvalue weighted by Crippen LogP contribution is -2.33. The molecule has 1 amide bonds. The number of carbonyl (C=O) groups excluding carboxylic acids is 1. The number of halogens is 1. The standard InChI is InChI=1S/C18H22ClN3O2/c1-24-12-17(23)20-9-13-7-8-22(10-13)11-15-6-5-14-3-2-4-16(19)18(14)21-15/h2-6,13H,7-12H2,1H3,(H,20,23). The number of ether oxygens (including phenoxy) is 1. The maximum Gasteiger partial charge on any atom is 0.245 e. The third-order valence-corrected chi connectivity index (χ3v) is 4.65. The molecule has 2 aromatic rings. The van der Waals surface area contributed by atoms with Gasteiger partial charge in [-0.05, 0) is 31.0 Å². The zero-order chi connectivity index (χ0) is 16.9. The summed E-state index contributed by atoms with van der Waals surface area (Å²) in [6.07, 6.45) is 1.08. The lowest BCUT2D eigenvalue weighted by molar-refractivity contribution is -0.124. The van der Waals surface area contributed by atoms with E-state index in [2.05, 4.69) is 22.3 Å². The first-order valence-corrected chi connectivity index (χ1v) is 8.55. The second kappa shape index (κ2) is 7.92. The minimum absolute atomic E-state index is 0.0539. The average Bonchev–Trinajstić information content (AvgIpc) is 3.01. The third-order valence-electron chi connectivity index (χ3n) is 4.35. The highest BCUT2D eigenvalue weighted by Crippen LogP contribution is 2.23. The molecule has 1 fully saturated rings. The predicted octanol–water partition coefficient (Wildman–Crippen LogP) is 2.47. The first-order valence-electron chi connectivity index (χ1n) is 8.18. The maximum atomic E-state index is 11.5. The second-order valence-electron chi connectivity index (χ2n) is 6.24. The molecular weight excluding hydrogens is 326 g/mol. The number of rotatable bonds is 6. The number of hydrogen-bond acceptors (Lipinski definition) is 4. The van der Waals surface area contributed by atoms with Crippen LogP contribution in [0.25, 0.3) is 10.9 Å². The molecule has 1 aliphatic rings. The molecular formula is C18H22ClN3O2. The Morgan fingerprint density at radius 2 is 2.29 bits per heavy atom. The molecule has 1 saturated heterocycles. The second-order valence-corrected chi connectivity index (χ2v) is 6.65. The smallest absolute Gasteiger partial charge is 0.245 e. The van der Waals surface area contributed by atoms with Gasteiger partial charge in [0.2, 0.25) is 5.91 Å². The lowest BCUT2D eigenvalue weighted by Gasteiger charge is -2.16. The van der Waals surface area contributed by atoms with Gasteiger partial charge in [-0.2, -0.15) is 0 Å². The van der Waals surface area contributed by atoms with Crippen LogP contribution in [-0.2, 0) is 16.1 Å². The predicted molar refractivity (Wildman–Crippen MR) is 95.0 cm³/mol. The molecule has 5 nitrogen and oxygen atoms in total. The number of fused-ring (bicyclic) bond motifs is 1. The highest BCUT2D eigenvalue weighted by Gasteiger charge is 2.23. The van der Waals surface area contributed by atoms with Gasteiger partial charge < -0.3 is 10.1 Å². The Balaban J connectivity index is 1.55. The summed E-state index contributed by atoms with van der Waals surface area (Å²) in [5.41, 5.74) is 1.89. The van der Waals surface area contributed by atoms with Crippen LogP contribution < -0.4 is 5.32 Å². The number of para-hydroxylation sites is 1. The van der Waals surface area contributed by atoms with Crippen molar-refractivity contribution in [3.63, 3.8) is 0 Å². The summed E-state index contributed by atoms with van der Waals surface area (Å²) in [5, 5.41) is 4.67. The molecule has 24 heavy (non-hydrogen) atoms. The zero-order valence-corrected chi connectivity index (χ0v) is 14.6. The number of hydrogen-bond donors (Lipinski definition) is 1. The number of aromatic nitrogens is 1. The summed E-state index contributed by atoms with van der Waals surface area (Å²) in [6, 6.07) is 9.96. The Bertz CT molecular complexity index is 722. The Morgan fingerprint density at radius 1 is 1.42 bits per heavy atom. The van der Waals surface area contributed by atoms with E-state index in [4.69, 9.17) is 21.3 Å². The number of amides is 1. The number of benzene rings is 1. The molecule has 6 heteroatoms. The first kappa shape index (κ1) is 17.1. The first-order chi connectivity index (χ1) is 11.7. The van der Waals surface area contributed by atoms with E-state index < -0.39 is 0 Å². The molecule has 0 radical (unpaired) electrons. The minimum Gasteiger partial charge on any atom is -0.375 e. The zero-order valence-electron chi connectivity index (χ0n) is 13.8. The van der Waals surface area contributed by atoms with E-state index in [0.29, 0.717) is 17.5 Å². The van der Waals surface area contributed by atoms with Gasteiger partial charge in [-0.3, -0.25) is 9.69 Å². The van der Waals surface area contributed by atoms with Gasteiger partial charge in [0.05, 0.1) is 16.2 Å². The molecule has 1 aromatic heterocycles. The van der Waals surface area contributed by atoms with Crippen LogP contribution in [-0.4, -0.2) is 49.1 Å². The van der Waals surface area contributed by atoms with Gasteiger partial charge in [-0.25, -0.2) is 4.98 Å². The number of likely N-dealkylation sites (tertiary alicyclic amines) is 1. The molecule has 128 valence electrons. The van der Waals surface area contributed by atoms with Crippen molar-refractivity contribution >= 4 is 28.4 Å². The lowest BCUT2D eigenvalue weighted by atomic mass is 10.1. The summed E-state index contributed by atoms with van der Waals surface area (Å²) >= 11 is 6.24. The van der Waals surface area contributed by atoms with E-state index in [1.54, 1.807) is 0 Å². The fraction of sp³-hybridized carbons (Fsp3) is 0.444. The van der Waals surface area contributed by atoms with Crippen molar-refractivity contribution in [1.29, 1.82) is 0 Å². The van der Waals surface area contributed by atoms with Crippen LogP contribution in [0, 0.1) is 5.92 Å². The summed E-state index contributed by atoms with van der Waals surface area (Å²) in [4.78, 5) is 18.5. The molecule has 1 aromatic carbocycles. The van der Waals surface area contributed by atoms with E-state index >= 15 is 0 Å². The van der Waals surface area contributed by atoms with Crippen molar-refractivity contribution < 1.29 is 9.53 Å². The summed E-state index contributed by atoms with van der Waals surface area (Å²) in [6.45, 7) is 3.63. The van der Waals surface area contributed by atoms with Crippen LogP contribution in [0.4, 0.5) is 0 Å². The summed E-state index contributed by atoms with van der Waals surface area (Å²) < 4.78 is 4.82. The molecule has 1 unspecified atom stereocenters. The number of carbonyl (C=O) groups is 1. The van der Waals surface area contributed by atoms with E-state index in [-0.39, 0.29) is 12.5 Å². The van der Waals surface area contributed by atoms with Gasteiger partial charge in [0, 0.05) is 32.1 Å². The average molecular weight is 348 g/mol. The van der Waals surface area contributed by atoms with E-state index in [0.717, 1.165) is 42.7 Å². The van der Waals surface area contributed by atoms with Crippen LogP contribution >= 0.6 is 11.6 Å². The normalized spacial score (nSPS) is 18.2. The minimum atomic E-state index is -0.0539. The quantitative estimate of drug-likeness (QED) is 0.872. The van der Waals surface area contributed by atoms with Gasteiger partial charge in [-0.15, -0.1) is 0 Å². The van der Waals surface area contributed by atoms with Crippen molar-refractivity contribution in [3.8, 4) is 0 Å². The number of nitrogens with one attached hydrogen (secondary N) is 1. The van der Waals surface area contributed by atoms with Gasteiger partial charge >= 0.3 is 0 Å². The maximum absolute atomic E-state index is 11.5. The Hall–Kier alpha value is -1.69. The molecule has 0 aliphatic carbocycles. The van der Waals surface area contributed by atoms with Crippen molar-refractivity contribution in [2.24, 2.45) is 5.92 Å². The van der Waals surface area contributed by atoms with Crippen molar-refractivity contribution in [3.05, 3.63) is 41.0 Å². The van der Waals surface area contributed by atoms with Gasteiger partial charge in [0.15, 0.2) is 0 Å². The molecule has 3 rings (SSSR count). The van der Waals surface area contributed by atoms with Crippen LogP contribution in [0.1, 0.15) is 12.1 Å². The summed E-state index contributed by atoms with van der Waals surface area (Å²) in [5.74, 6) is 0.427. The van der Waals surface area contributed by atoms with E-state index in [9.17, 15) is 4.79 Å². The molecule has 0 spiro atoms. The van der Waals surface area contributed by atoms with Crippen LogP contribution in [0.3, 0.4) is 0 Å². The Kier molecular flexibility index (Phi) is 5.66. The van der Waals surface area contributed by atoms with Gasteiger partial charge in [0.25, 0.3) is 0 Å². The van der Waals surface area contributed by atoms with E-state index in [1.807, 2.05) is 18.2 Å². The van der Waals surface area contributed by atoms with Crippen LogP contribution in [0.5, 0.6) is 0 Å². The van der Waals surface area contributed by atoms with E-state index in [1.165, 1.54) is 7.11 Å².